The number of rotatable bonds is 6. The molecule has 5 heteroatoms. The quantitative estimate of drug-likeness (QED) is 0.820. The molecule has 0 unspecified atom stereocenters. The molecule has 0 atom stereocenters. The first kappa shape index (κ1) is 15.4. The van der Waals surface area contributed by atoms with E-state index in [4.69, 9.17) is 5.73 Å². The molecule has 1 saturated heterocycles. The Hall–Kier alpha value is -1.04. The summed E-state index contributed by atoms with van der Waals surface area (Å²) in [4.78, 5) is 14.4. The number of nitrogens with one attached hydrogen (secondary N) is 1. The summed E-state index contributed by atoms with van der Waals surface area (Å²) in [5, 5.41) is 2.99. The average molecular weight is 293 g/mol. The van der Waals surface area contributed by atoms with Gasteiger partial charge in [-0.1, -0.05) is 12.1 Å². The van der Waals surface area contributed by atoms with E-state index in [2.05, 4.69) is 10.2 Å². The number of hydrogen-bond donors (Lipinski definition) is 2. The predicted octanol–water partition coefficient (Wildman–Crippen LogP) is 0.966. The van der Waals surface area contributed by atoms with Gasteiger partial charge >= 0.3 is 0 Å². The number of benzene rings is 1. The van der Waals surface area contributed by atoms with E-state index in [0.29, 0.717) is 13.1 Å². The molecule has 0 spiro atoms. The van der Waals surface area contributed by atoms with Gasteiger partial charge in [-0.25, -0.2) is 0 Å². The van der Waals surface area contributed by atoms with Crippen molar-refractivity contribution >= 4 is 17.7 Å². The Balaban J connectivity index is 1.73. The highest BCUT2D eigenvalue weighted by molar-refractivity contribution is 7.99. The van der Waals surface area contributed by atoms with Gasteiger partial charge in [-0.3, -0.25) is 9.69 Å². The Morgan fingerprint density at radius 3 is 2.60 bits per heavy atom. The van der Waals surface area contributed by atoms with Crippen LogP contribution in [-0.4, -0.2) is 55.0 Å². The van der Waals surface area contributed by atoms with E-state index in [1.54, 1.807) is 0 Å². The molecule has 1 aromatic rings. The second-order valence-electron chi connectivity index (χ2n) is 4.95. The second-order valence-corrected chi connectivity index (χ2v) is 6.17. The molecule has 1 aliphatic heterocycles. The van der Waals surface area contributed by atoms with Gasteiger partial charge < -0.3 is 11.1 Å². The van der Waals surface area contributed by atoms with Crippen molar-refractivity contribution in [2.45, 2.75) is 6.42 Å². The van der Waals surface area contributed by atoms with Gasteiger partial charge in [-0.15, -0.1) is 0 Å². The molecule has 3 N–H and O–H groups in total. The molecule has 0 radical (unpaired) electrons. The SMILES string of the molecule is NCCc1ccc(C(=O)NCCN2CCSCC2)cc1. The standard InChI is InChI=1S/C15H23N3OS/c16-6-5-13-1-3-14(4-2-13)15(19)17-7-8-18-9-11-20-12-10-18/h1-4H,5-12,16H2,(H,17,19). The van der Waals surface area contributed by atoms with Gasteiger partial charge in [-0.2, -0.15) is 11.8 Å². The highest BCUT2D eigenvalue weighted by Crippen LogP contribution is 2.08. The van der Waals surface area contributed by atoms with E-state index in [9.17, 15) is 4.79 Å². The molecule has 0 aromatic heterocycles. The third-order valence-electron chi connectivity index (χ3n) is 3.47. The van der Waals surface area contributed by atoms with E-state index in [0.717, 1.165) is 31.6 Å². The summed E-state index contributed by atoms with van der Waals surface area (Å²) in [7, 11) is 0. The molecule has 1 aliphatic rings. The number of hydrogen-bond acceptors (Lipinski definition) is 4. The van der Waals surface area contributed by atoms with Crippen molar-refractivity contribution in [1.29, 1.82) is 0 Å². The van der Waals surface area contributed by atoms with Crippen LogP contribution in [0.1, 0.15) is 15.9 Å². The van der Waals surface area contributed by atoms with E-state index < -0.39 is 0 Å². The molecule has 4 nitrogen and oxygen atoms in total. The predicted molar refractivity (Wildman–Crippen MR) is 85.3 cm³/mol. The zero-order valence-corrected chi connectivity index (χ0v) is 12.6. The maximum Gasteiger partial charge on any atom is 0.251 e. The monoisotopic (exact) mass is 293 g/mol. The lowest BCUT2D eigenvalue weighted by atomic mass is 10.1. The minimum absolute atomic E-state index is 0.00989. The van der Waals surface area contributed by atoms with Crippen molar-refractivity contribution in [2.24, 2.45) is 5.73 Å². The second kappa shape index (κ2) is 8.29. The summed E-state index contributed by atoms with van der Waals surface area (Å²) in [6.07, 6.45) is 0.856. The van der Waals surface area contributed by atoms with Crippen molar-refractivity contribution in [1.82, 2.24) is 10.2 Å². The van der Waals surface area contributed by atoms with Crippen molar-refractivity contribution in [2.75, 3.05) is 44.2 Å². The summed E-state index contributed by atoms with van der Waals surface area (Å²) in [6, 6.07) is 7.70. The smallest absolute Gasteiger partial charge is 0.251 e. The van der Waals surface area contributed by atoms with Crippen LogP contribution in [0.15, 0.2) is 24.3 Å². The number of nitrogens with zero attached hydrogens (tertiary/aromatic N) is 1. The molecule has 1 aromatic carbocycles. The van der Waals surface area contributed by atoms with Crippen molar-refractivity contribution in [3.63, 3.8) is 0 Å². The van der Waals surface area contributed by atoms with Crippen LogP contribution in [-0.2, 0) is 6.42 Å². The Kier molecular flexibility index (Phi) is 6.36. The van der Waals surface area contributed by atoms with Gasteiger partial charge in [0.2, 0.25) is 0 Å². The molecule has 20 heavy (non-hydrogen) atoms. The van der Waals surface area contributed by atoms with Gasteiger partial charge in [-0.05, 0) is 30.7 Å². The number of amides is 1. The van der Waals surface area contributed by atoms with Crippen molar-refractivity contribution in [3.05, 3.63) is 35.4 Å². The first-order chi connectivity index (χ1) is 9.79. The number of nitrogens with two attached hydrogens (primary N) is 1. The fraction of sp³-hybridized carbons (Fsp3) is 0.533. The van der Waals surface area contributed by atoms with Crippen molar-refractivity contribution in [3.8, 4) is 0 Å². The van der Waals surface area contributed by atoms with Gasteiger partial charge in [0.15, 0.2) is 0 Å². The first-order valence-electron chi connectivity index (χ1n) is 7.17. The molecule has 110 valence electrons. The molecular formula is C15H23N3OS. The number of carbonyl (C=O) groups is 1. The minimum Gasteiger partial charge on any atom is -0.351 e. The minimum atomic E-state index is 0.00989. The zero-order valence-electron chi connectivity index (χ0n) is 11.8. The third kappa shape index (κ3) is 4.81. The molecular weight excluding hydrogens is 270 g/mol. The molecule has 0 aliphatic carbocycles. The van der Waals surface area contributed by atoms with Crippen LogP contribution in [0.25, 0.3) is 0 Å². The maximum atomic E-state index is 12.0. The molecule has 1 heterocycles. The highest BCUT2D eigenvalue weighted by Gasteiger charge is 2.10. The van der Waals surface area contributed by atoms with Crippen LogP contribution < -0.4 is 11.1 Å². The molecule has 1 fully saturated rings. The molecule has 1 amide bonds. The lowest BCUT2D eigenvalue weighted by Crippen LogP contribution is -2.39. The normalized spacial score (nSPS) is 16.1. The Morgan fingerprint density at radius 2 is 1.95 bits per heavy atom. The van der Waals surface area contributed by atoms with E-state index in [1.807, 2.05) is 36.0 Å². The summed E-state index contributed by atoms with van der Waals surface area (Å²) < 4.78 is 0. The van der Waals surface area contributed by atoms with Crippen LogP contribution in [0, 0.1) is 0 Å². The fourth-order valence-corrected chi connectivity index (χ4v) is 3.22. The van der Waals surface area contributed by atoms with Gasteiger partial charge in [0.25, 0.3) is 5.91 Å². The van der Waals surface area contributed by atoms with Crippen LogP contribution in [0.5, 0.6) is 0 Å². The van der Waals surface area contributed by atoms with Gasteiger partial charge in [0, 0.05) is 43.2 Å². The largest absolute Gasteiger partial charge is 0.351 e. The summed E-state index contributed by atoms with van der Waals surface area (Å²) in [5.41, 5.74) is 7.41. The fourth-order valence-electron chi connectivity index (χ4n) is 2.24. The molecule has 0 bridgehead atoms. The van der Waals surface area contributed by atoms with Crippen LogP contribution in [0.4, 0.5) is 0 Å². The van der Waals surface area contributed by atoms with E-state index in [1.165, 1.54) is 17.1 Å². The van der Waals surface area contributed by atoms with Gasteiger partial charge in [0.1, 0.15) is 0 Å². The third-order valence-corrected chi connectivity index (χ3v) is 4.41. The average Bonchev–Trinajstić information content (AvgIpc) is 2.49. The van der Waals surface area contributed by atoms with E-state index in [-0.39, 0.29) is 5.91 Å². The summed E-state index contributed by atoms with van der Waals surface area (Å²) >= 11 is 2.00. The Labute approximate surface area is 125 Å². The van der Waals surface area contributed by atoms with Gasteiger partial charge in [0.05, 0.1) is 0 Å². The lowest BCUT2D eigenvalue weighted by Gasteiger charge is -2.25. The number of thioether (sulfide) groups is 1. The Morgan fingerprint density at radius 1 is 1.25 bits per heavy atom. The summed E-state index contributed by atoms with van der Waals surface area (Å²) in [6.45, 7) is 4.56. The molecule has 2 rings (SSSR count). The highest BCUT2D eigenvalue weighted by atomic mass is 32.2. The number of carbonyl (C=O) groups excluding carboxylic acids is 1. The van der Waals surface area contributed by atoms with Crippen LogP contribution in [0.2, 0.25) is 0 Å². The summed E-state index contributed by atoms with van der Waals surface area (Å²) in [5.74, 6) is 2.42. The van der Waals surface area contributed by atoms with Crippen molar-refractivity contribution < 1.29 is 4.79 Å². The maximum absolute atomic E-state index is 12.0. The van der Waals surface area contributed by atoms with Crippen LogP contribution >= 0.6 is 11.8 Å². The molecule has 0 saturated carbocycles. The Bertz CT molecular complexity index is 416. The topological polar surface area (TPSA) is 58.4 Å². The zero-order chi connectivity index (χ0) is 14.2. The van der Waals surface area contributed by atoms with Crippen LogP contribution in [0.3, 0.4) is 0 Å². The lowest BCUT2D eigenvalue weighted by molar-refractivity contribution is 0.0949. The van der Waals surface area contributed by atoms with E-state index >= 15 is 0 Å². The first-order valence-corrected chi connectivity index (χ1v) is 8.32.